The fraction of sp³-hybridized carbons (Fsp3) is 0.636. The van der Waals surface area contributed by atoms with E-state index in [0.29, 0.717) is 31.0 Å². The summed E-state index contributed by atoms with van der Waals surface area (Å²) in [5.41, 5.74) is 2.00. The van der Waals surface area contributed by atoms with Crippen LogP contribution in [0.25, 0.3) is 0 Å². The monoisotopic (exact) mass is 270 g/mol. The minimum absolute atomic E-state index is 0.0447. The number of H-pyrrole nitrogens is 1. The number of nitrogens with one attached hydrogen (secondary N) is 3. The first-order chi connectivity index (χ1) is 8.70. The Kier molecular flexibility index (Phi) is 4.48. The molecule has 1 aromatic heterocycles. The van der Waals surface area contributed by atoms with Crippen molar-refractivity contribution in [3.63, 3.8) is 0 Å². The fourth-order valence-corrected chi connectivity index (χ4v) is 2.53. The van der Waals surface area contributed by atoms with E-state index in [4.69, 9.17) is 0 Å². The van der Waals surface area contributed by atoms with E-state index in [-0.39, 0.29) is 11.9 Å². The Balaban J connectivity index is 1.79. The minimum Gasteiger partial charge on any atom is -0.354 e. The molecule has 6 nitrogen and oxygen atoms in total. The molecule has 0 fully saturated rings. The Labute approximate surface area is 108 Å². The largest absolute Gasteiger partial charge is 0.354 e. The van der Waals surface area contributed by atoms with Crippen LogP contribution in [0.3, 0.4) is 0 Å². The number of carbonyl (C=O) groups excluding carboxylic acids is 1. The van der Waals surface area contributed by atoms with Crippen LogP contribution in [0.4, 0.5) is 0 Å². The van der Waals surface area contributed by atoms with E-state index in [0.717, 1.165) is 11.4 Å². The van der Waals surface area contributed by atoms with E-state index in [2.05, 4.69) is 20.6 Å². The lowest BCUT2D eigenvalue weighted by atomic mass is 10.1. The number of fused-ring (bicyclic) bond motifs is 1. The van der Waals surface area contributed by atoms with Crippen LogP contribution in [0.1, 0.15) is 18.3 Å². The summed E-state index contributed by atoms with van der Waals surface area (Å²) in [7, 11) is -0.831. The van der Waals surface area contributed by atoms with Crippen molar-refractivity contribution in [1.82, 2.24) is 20.6 Å². The number of imidazole rings is 1. The smallest absolute Gasteiger partial charge is 0.237 e. The number of amides is 1. The molecule has 1 amide bonds. The van der Waals surface area contributed by atoms with Crippen molar-refractivity contribution in [1.29, 1.82) is 0 Å². The molecule has 3 N–H and O–H groups in total. The predicted molar refractivity (Wildman–Crippen MR) is 69.5 cm³/mol. The van der Waals surface area contributed by atoms with Crippen molar-refractivity contribution in [2.75, 3.05) is 18.1 Å². The molecule has 1 aromatic rings. The highest BCUT2D eigenvalue weighted by Gasteiger charge is 2.25. The molecule has 2 rings (SSSR count). The van der Waals surface area contributed by atoms with Crippen LogP contribution in [-0.2, 0) is 28.6 Å². The molecule has 2 unspecified atom stereocenters. The second-order valence-electron chi connectivity index (χ2n) is 4.19. The van der Waals surface area contributed by atoms with Crippen molar-refractivity contribution in [2.24, 2.45) is 0 Å². The van der Waals surface area contributed by atoms with E-state index >= 15 is 0 Å². The standard InChI is InChI=1S/C11H18N4O2S/c1-2-18(17)4-3-12-11(16)9-5-8-10(6-13-9)15-7-14-8/h7,9,13H,2-6H2,1H3,(H,12,16)(H,14,15). The molecule has 0 aromatic carbocycles. The average Bonchev–Trinajstić information content (AvgIpc) is 2.85. The van der Waals surface area contributed by atoms with E-state index in [9.17, 15) is 9.00 Å². The summed E-state index contributed by atoms with van der Waals surface area (Å²) in [6.07, 6.45) is 2.25. The topological polar surface area (TPSA) is 86.9 Å². The molecule has 18 heavy (non-hydrogen) atoms. The summed E-state index contributed by atoms with van der Waals surface area (Å²) >= 11 is 0. The lowest BCUT2D eigenvalue weighted by Gasteiger charge is -2.22. The van der Waals surface area contributed by atoms with Gasteiger partial charge in [-0.1, -0.05) is 6.92 Å². The van der Waals surface area contributed by atoms with Gasteiger partial charge in [0.25, 0.3) is 0 Å². The molecule has 2 heterocycles. The summed E-state index contributed by atoms with van der Waals surface area (Å²) in [6.45, 7) is 2.97. The Morgan fingerprint density at radius 2 is 2.50 bits per heavy atom. The van der Waals surface area contributed by atoms with Crippen LogP contribution in [-0.4, -0.2) is 44.2 Å². The van der Waals surface area contributed by atoms with Crippen LogP contribution in [0.2, 0.25) is 0 Å². The van der Waals surface area contributed by atoms with Gasteiger partial charge in [0, 0.05) is 41.8 Å². The highest BCUT2D eigenvalue weighted by molar-refractivity contribution is 7.84. The van der Waals surface area contributed by atoms with Crippen molar-refractivity contribution in [2.45, 2.75) is 25.9 Å². The maximum atomic E-state index is 11.9. The fourth-order valence-electron chi connectivity index (χ4n) is 1.91. The zero-order chi connectivity index (χ0) is 13.0. The van der Waals surface area contributed by atoms with Gasteiger partial charge in [-0.15, -0.1) is 0 Å². The number of carbonyl (C=O) groups is 1. The van der Waals surface area contributed by atoms with Crippen LogP contribution in [0.15, 0.2) is 6.33 Å². The van der Waals surface area contributed by atoms with Crippen LogP contribution in [0.5, 0.6) is 0 Å². The highest BCUT2D eigenvalue weighted by Crippen LogP contribution is 2.11. The Bertz CT molecular complexity index is 446. The number of hydrogen-bond acceptors (Lipinski definition) is 4. The summed E-state index contributed by atoms with van der Waals surface area (Å²) in [4.78, 5) is 19.1. The molecule has 7 heteroatoms. The molecule has 100 valence electrons. The third-order valence-corrected chi connectivity index (χ3v) is 4.30. The summed E-state index contributed by atoms with van der Waals surface area (Å²) in [6, 6.07) is -0.240. The molecule has 0 bridgehead atoms. The van der Waals surface area contributed by atoms with Gasteiger partial charge in [-0.3, -0.25) is 14.3 Å². The van der Waals surface area contributed by atoms with Gasteiger partial charge >= 0.3 is 0 Å². The molecule has 0 saturated carbocycles. The van der Waals surface area contributed by atoms with E-state index < -0.39 is 10.8 Å². The molecule has 0 saturated heterocycles. The molecule has 2 atom stereocenters. The van der Waals surface area contributed by atoms with Gasteiger partial charge in [-0.05, 0) is 0 Å². The second-order valence-corrected chi connectivity index (χ2v) is 6.05. The highest BCUT2D eigenvalue weighted by atomic mass is 32.2. The normalized spacial score (nSPS) is 20.2. The Morgan fingerprint density at radius 3 is 3.28 bits per heavy atom. The first-order valence-electron chi connectivity index (χ1n) is 6.08. The van der Waals surface area contributed by atoms with Gasteiger partial charge in [0.05, 0.1) is 23.8 Å². The molecule has 0 spiro atoms. The zero-order valence-electron chi connectivity index (χ0n) is 10.4. The van der Waals surface area contributed by atoms with Gasteiger partial charge in [-0.25, -0.2) is 4.98 Å². The predicted octanol–water partition coefficient (Wildman–Crippen LogP) is -0.691. The molecule has 1 aliphatic rings. The SMILES string of the molecule is CCS(=O)CCNC(=O)C1Cc2nc[nH]c2CN1. The van der Waals surface area contributed by atoms with Crippen molar-refractivity contribution in [3.8, 4) is 0 Å². The molecular formula is C11H18N4O2S. The average molecular weight is 270 g/mol. The third kappa shape index (κ3) is 3.17. The van der Waals surface area contributed by atoms with Crippen molar-refractivity contribution in [3.05, 3.63) is 17.7 Å². The van der Waals surface area contributed by atoms with E-state index in [1.807, 2.05) is 6.92 Å². The van der Waals surface area contributed by atoms with Gasteiger partial charge in [-0.2, -0.15) is 0 Å². The van der Waals surface area contributed by atoms with Crippen LogP contribution >= 0.6 is 0 Å². The van der Waals surface area contributed by atoms with Gasteiger partial charge < -0.3 is 10.3 Å². The number of nitrogens with zero attached hydrogens (tertiary/aromatic N) is 1. The van der Waals surface area contributed by atoms with Crippen LogP contribution in [0, 0.1) is 0 Å². The number of aromatic nitrogens is 2. The maximum Gasteiger partial charge on any atom is 0.237 e. The Hall–Kier alpha value is -1.21. The number of aromatic amines is 1. The summed E-state index contributed by atoms with van der Waals surface area (Å²) < 4.78 is 11.2. The molecule has 0 radical (unpaired) electrons. The van der Waals surface area contributed by atoms with Gasteiger partial charge in [0.2, 0.25) is 5.91 Å². The van der Waals surface area contributed by atoms with Gasteiger partial charge in [0.15, 0.2) is 0 Å². The van der Waals surface area contributed by atoms with Crippen molar-refractivity contribution < 1.29 is 9.00 Å². The second kappa shape index (κ2) is 6.10. The first kappa shape index (κ1) is 13.2. The zero-order valence-corrected chi connectivity index (χ0v) is 11.2. The Morgan fingerprint density at radius 1 is 1.67 bits per heavy atom. The first-order valence-corrected chi connectivity index (χ1v) is 7.56. The van der Waals surface area contributed by atoms with Crippen LogP contribution < -0.4 is 10.6 Å². The minimum atomic E-state index is -0.831. The van der Waals surface area contributed by atoms with Crippen molar-refractivity contribution >= 4 is 16.7 Å². The third-order valence-electron chi connectivity index (χ3n) is 3.00. The summed E-state index contributed by atoms with van der Waals surface area (Å²) in [5, 5.41) is 5.96. The lowest BCUT2D eigenvalue weighted by molar-refractivity contribution is -0.123. The molecule has 0 aliphatic carbocycles. The van der Waals surface area contributed by atoms with E-state index in [1.165, 1.54) is 0 Å². The molecular weight excluding hydrogens is 252 g/mol. The molecule has 1 aliphatic heterocycles. The quantitative estimate of drug-likeness (QED) is 0.661. The number of hydrogen-bond donors (Lipinski definition) is 3. The lowest BCUT2D eigenvalue weighted by Crippen LogP contribution is -2.48. The summed E-state index contributed by atoms with van der Waals surface area (Å²) in [5.74, 6) is 1.10. The van der Waals surface area contributed by atoms with E-state index in [1.54, 1.807) is 6.33 Å². The maximum absolute atomic E-state index is 11.9. The van der Waals surface area contributed by atoms with Gasteiger partial charge in [0.1, 0.15) is 0 Å². The number of rotatable bonds is 5.